The van der Waals surface area contributed by atoms with E-state index in [0.717, 1.165) is 0 Å². The summed E-state index contributed by atoms with van der Waals surface area (Å²) in [6.45, 7) is 0. The molecule has 3 aliphatic heterocycles. The number of hydrogen-bond acceptors (Lipinski definition) is 4. The summed E-state index contributed by atoms with van der Waals surface area (Å²) in [6, 6.07) is 0. The van der Waals surface area contributed by atoms with Crippen molar-refractivity contribution in [1.29, 1.82) is 0 Å². The largest absolute Gasteiger partial charge is 0.456 e. The van der Waals surface area contributed by atoms with Gasteiger partial charge in [0, 0.05) is 0 Å². The van der Waals surface area contributed by atoms with Gasteiger partial charge in [-0.25, -0.2) is 0 Å². The van der Waals surface area contributed by atoms with Crippen molar-refractivity contribution in [3.63, 3.8) is 0 Å². The molecule has 3 saturated heterocycles. The van der Waals surface area contributed by atoms with Gasteiger partial charge in [0.2, 0.25) is 0 Å². The molecule has 3 fully saturated rings. The fourth-order valence-corrected chi connectivity index (χ4v) is 2.26. The zero-order valence-corrected chi connectivity index (χ0v) is 5.77. The van der Waals surface area contributed by atoms with Crippen LogP contribution in [0.4, 0.5) is 0 Å². The van der Waals surface area contributed by atoms with Crippen molar-refractivity contribution in [2.45, 2.75) is 30.8 Å². The molecule has 0 aliphatic carbocycles. The zero-order chi connectivity index (χ0) is 7.59. The Morgan fingerprint density at radius 2 is 2.27 bits per heavy atom. The van der Waals surface area contributed by atoms with E-state index in [4.69, 9.17) is 9.47 Å². The van der Waals surface area contributed by atoms with Crippen molar-refractivity contribution in [3.05, 3.63) is 0 Å². The quantitative estimate of drug-likeness (QED) is 0.460. The van der Waals surface area contributed by atoms with Crippen LogP contribution in [-0.4, -0.2) is 35.5 Å². The third-order valence-corrected chi connectivity index (χ3v) is 2.81. The second kappa shape index (κ2) is 1.59. The average molecular weight is 156 g/mol. The normalized spacial score (nSPS) is 58.6. The summed E-state index contributed by atoms with van der Waals surface area (Å²) in [6.07, 6.45) is -0.612. The van der Waals surface area contributed by atoms with E-state index in [-0.39, 0.29) is 30.2 Å². The molecule has 11 heavy (non-hydrogen) atoms. The summed E-state index contributed by atoms with van der Waals surface area (Å²) in [7, 11) is 0. The molecule has 0 unspecified atom stereocenters. The van der Waals surface area contributed by atoms with Crippen LogP contribution in [0.1, 0.15) is 6.42 Å². The number of carbonyl (C=O) groups is 1. The van der Waals surface area contributed by atoms with Gasteiger partial charge in [-0.05, 0) is 6.42 Å². The van der Waals surface area contributed by atoms with Crippen molar-refractivity contribution in [2.24, 2.45) is 5.92 Å². The van der Waals surface area contributed by atoms with Crippen molar-refractivity contribution in [2.75, 3.05) is 0 Å². The van der Waals surface area contributed by atoms with Gasteiger partial charge >= 0.3 is 5.97 Å². The number of aliphatic hydroxyl groups excluding tert-OH is 1. The molecule has 0 radical (unpaired) electrons. The van der Waals surface area contributed by atoms with Gasteiger partial charge < -0.3 is 14.6 Å². The summed E-state index contributed by atoms with van der Waals surface area (Å²) in [5.74, 6) is -0.285. The van der Waals surface area contributed by atoms with Crippen LogP contribution in [0.5, 0.6) is 0 Å². The lowest BCUT2D eigenvalue weighted by molar-refractivity contribution is -0.145. The number of ether oxygens (including phenoxy) is 2. The SMILES string of the molecule is O=C1O[C@@H]2[C@H](O)[C@H]3C[C@H]1[C@H]2O3. The minimum atomic E-state index is -0.581. The molecule has 0 amide bonds. The first-order chi connectivity index (χ1) is 5.27. The Hall–Kier alpha value is -0.610. The van der Waals surface area contributed by atoms with E-state index in [2.05, 4.69) is 0 Å². The van der Waals surface area contributed by atoms with Crippen LogP contribution in [0.25, 0.3) is 0 Å². The Balaban J connectivity index is 2.04. The molecule has 60 valence electrons. The number of carbonyl (C=O) groups excluding carboxylic acids is 1. The highest BCUT2D eigenvalue weighted by Gasteiger charge is 2.63. The van der Waals surface area contributed by atoms with Gasteiger partial charge in [0.15, 0.2) is 6.10 Å². The lowest BCUT2D eigenvalue weighted by Gasteiger charge is -2.15. The zero-order valence-electron chi connectivity index (χ0n) is 5.77. The summed E-state index contributed by atoms with van der Waals surface area (Å²) in [5, 5.41) is 9.42. The van der Waals surface area contributed by atoms with Crippen LogP contribution in [0.2, 0.25) is 0 Å². The van der Waals surface area contributed by atoms with Crippen LogP contribution in [0, 0.1) is 5.92 Å². The minimum absolute atomic E-state index is 0.0894. The van der Waals surface area contributed by atoms with Gasteiger partial charge in [-0.3, -0.25) is 4.79 Å². The van der Waals surface area contributed by atoms with E-state index < -0.39 is 6.10 Å². The Labute approximate surface area is 63.1 Å². The molecule has 0 aromatic heterocycles. The molecule has 3 aliphatic rings. The molecule has 0 aromatic carbocycles. The van der Waals surface area contributed by atoms with E-state index in [1.165, 1.54) is 0 Å². The van der Waals surface area contributed by atoms with Gasteiger partial charge in [0.1, 0.15) is 12.2 Å². The van der Waals surface area contributed by atoms with Crippen LogP contribution >= 0.6 is 0 Å². The highest BCUT2D eigenvalue weighted by atomic mass is 16.6. The standard InChI is InChI=1S/C7H8O4/c8-4-3-1-2-5(10-3)6(4)11-7(2)9/h2-6,8H,1H2/t2-,3+,4+,5+,6+/m0/s1. The second-order valence-electron chi connectivity index (χ2n) is 3.37. The summed E-state index contributed by atoms with van der Waals surface area (Å²) < 4.78 is 10.3. The van der Waals surface area contributed by atoms with Crippen LogP contribution in [0.15, 0.2) is 0 Å². The first-order valence-corrected chi connectivity index (χ1v) is 3.81. The molecule has 3 heterocycles. The first-order valence-electron chi connectivity index (χ1n) is 3.81. The molecule has 0 aromatic rings. The van der Waals surface area contributed by atoms with Crippen molar-refractivity contribution in [1.82, 2.24) is 0 Å². The highest BCUT2D eigenvalue weighted by molar-refractivity contribution is 5.77. The van der Waals surface area contributed by atoms with Crippen LogP contribution < -0.4 is 0 Å². The number of rotatable bonds is 0. The third-order valence-electron chi connectivity index (χ3n) is 2.81. The predicted molar refractivity (Wildman–Crippen MR) is 32.7 cm³/mol. The Morgan fingerprint density at radius 3 is 2.91 bits per heavy atom. The molecule has 1 N–H and O–H groups in total. The number of esters is 1. The Morgan fingerprint density at radius 1 is 1.45 bits per heavy atom. The smallest absolute Gasteiger partial charge is 0.312 e. The second-order valence-corrected chi connectivity index (χ2v) is 3.37. The summed E-state index contributed by atoms with van der Waals surface area (Å²) in [4.78, 5) is 11.0. The lowest BCUT2D eigenvalue weighted by Crippen LogP contribution is -2.36. The summed E-state index contributed by atoms with van der Waals surface area (Å²) in [5.41, 5.74) is 0. The van der Waals surface area contributed by atoms with E-state index in [1.807, 2.05) is 0 Å². The van der Waals surface area contributed by atoms with Gasteiger partial charge in [-0.2, -0.15) is 0 Å². The lowest BCUT2D eigenvalue weighted by atomic mass is 9.88. The van der Waals surface area contributed by atoms with Crippen LogP contribution in [0.3, 0.4) is 0 Å². The number of hydrogen-bond donors (Lipinski definition) is 1. The van der Waals surface area contributed by atoms with Gasteiger partial charge in [0.25, 0.3) is 0 Å². The maximum atomic E-state index is 11.0. The molecule has 0 spiro atoms. The third kappa shape index (κ3) is 0.520. The topological polar surface area (TPSA) is 55.8 Å². The average Bonchev–Trinajstić information content (AvgIpc) is 2.53. The van der Waals surface area contributed by atoms with Gasteiger partial charge in [-0.1, -0.05) is 0 Å². The summed E-state index contributed by atoms with van der Waals surface area (Å²) >= 11 is 0. The Bertz CT molecular complexity index is 226. The monoisotopic (exact) mass is 156 g/mol. The fourth-order valence-electron chi connectivity index (χ4n) is 2.26. The molecule has 3 rings (SSSR count). The number of fused-ring (bicyclic) bond motifs is 1. The van der Waals surface area contributed by atoms with Crippen molar-refractivity contribution in [3.8, 4) is 0 Å². The van der Waals surface area contributed by atoms with E-state index in [0.29, 0.717) is 6.42 Å². The molecule has 4 nitrogen and oxygen atoms in total. The molecule has 5 atom stereocenters. The van der Waals surface area contributed by atoms with E-state index in [9.17, 15) is 9.90 Å². The molecular weight excluding hydrogens is 148 g/mol. The number of aliphatic hydroxyl groups is 1. The van der Waals surface area contributed by atoms with Gasteiger partial charge in [0.05, 0.1) is 12.0 Å². The van der Waals surface area contributed by atoms with Crippen LogP contribution in [-0.2, 0) is 14.3 Å². The maximum Gasteiger partial charge on any atom is 0.312 e. The minimum Gasteiger partial charge on any atom is -0.456 e. The fraction of sp³-hybridized carbons (Fsp3) is 0.857. The molecule has 4 heteroatoms. The van der Waals surface area contributed by atoms with Gasteiger partial charge in [-0.15, -0.1) is 0 Å². The first kappa shape index (κ1) is 5.97. The van der Waals surface area contributed by atoms with Crippen molar-refractivity contribution >= 4 is 5.97 Å². The molecule has 0 saturated carbocycles. The molecular formula is C7H8O4. The highest BCUT2D eigenvalue weighted by Crippen LogP contribution is 2.45. The maximum absolute atomic E-state index is 11.0. The molecule has 2 bridgehead atoms. The Kier molecular flexibility index (Phi) is 0.863. The van der Waals surface area contributed by atoms with E-state index in [1.54, 1.807) is 0 Å². The van der Waals surface area contributed by atoms with Crippen molar-refractivity contribution < 1.29 is 19.4 Å². The predicted octanol–water partition coefficient (Wildman–Crippen LogP) is -0.940. The van der Waals surface area contributed by atoms with E-state index >= 15 is 0 Å².